The van der Waals surface area contributed by atoms with Gasteiger partial charge >= 0.3 is 13.1 Å². The summed E-state index contributed by atoms with van der Waals surface area (Å²) in [5.74, 6) is -9.32. The summed E-state index contributed by atoms with van der Waals surface area (Å²) >= 11 is 0. The highest BCUT2D eigenvalue weighted by molar-refractivity contribution is 6.50. The molecule has 4 atom stereocenters. The molecule has 2 aromatic rings. The summed E-state index contributed by atoms with van der Waals surface area (Å²) < 4.78 is 117. The topological polar surface area (TPSA) is 30.9 Å². The SMILES string of the molecule is CC1(C)[C@@H]2CC[C@]1(C)[C@H]1OCc3nn(-c4c(F)c(F)c(F)c(F)c4F)c[n+]3[C@H]21.F[B-](F)(F)F. The molecule has 182 valence electrons. The molecule has 2 bridgehead atoms. The minimum absolute atomic E-state index is 0.0103. The third-order valence-corrected chi connectivity index (χ3v) is 7.61. The molecule has 0 spiro atoms. The summed E-state index contributed by atoms with van der Waals surface area (Å²) in [5.41, 5.74) is -1.15. The zero-order valence-electron chi connectivity index (χ0n) is 17.7. The molecule has 0 unspecified atom stereocenters. The van der Waals surface area contributed by atoms with Gasteiger partial charge in [0.25, 0.3) is 0 Å². The molecule has 2 saturated carbocycles. The first-order valence-corrected chi connectivity index (χ1v) is 10.1. The Labute approximate surface area is 182 Å². The van der Waals surface area contributed by atoms with Gasteiger partial charge in [-0.1, -0.05) is 25.5 Å². The van der Waals surface area contributed by atoms with Crippen molar-refractivity contribution in [3.05, 3.63) is 41.2 Å². The number of benzene rings is 1. The van der Waals surface area contributed by atoms with Crippen LogP contribution in [0.3, 0.4) is 0 Å². The fraction of sp³-hybridized carbons (Fsp3) is 0.579. The van der Waals surface area contributed by atoms with Crippen LogP contribution in [-0.2, 0) is 11.3 Å². The molecule has 0 amide bonds. The summed E-state index contributed by atoms with van der Waals surface area (Å²) in [4.78, 5) is 0. The van der Waals surface area contributed by atoms with Crippen LogP contribution in [0.2, 0.25) is 0 Å². The van der Waals surface area contributed by atoms with Crippen molar-refractivity contribution in [3.8, 4) is 5.69 Å². The van der Waals surface area contributed by atoms with E-state index >= 15 is 0 Å². The number of hydrogen-bond acceptors (Lipinski definition) is 2. The van der Waals surface area contributed by atoms with Gasteiger partial charge in [0.2, 0.25) is 41.1 Å². The van der Waals surface area contributed by atoms with Crippen molar-refractivity contribution in [1.82, 2.24) is 9.78 Å². The average Bonchev–Trinajstić information content (AvgIpc) is 3.28. The van der Waals surface area contributed by atoms with E-state index < -0.39 is 42.0 Å². The van der Waals surface area contributed by atoms with E-state index in [4.69, 9.17) is 4.74 Å². The van der Waals surface area contributed by atoms with Crippen molar-refractivity contribution in [2.45, 2.75) is 52.4 Å². The van der Waals surface area contributed by atoms with Gasteiger partial charge in [0, 0.05) is 16.4 Å². The third kappa shape index (κ3) is 3.43. The number of rotatable bonds is 1. The summed E-state index contributed by atoms with van der Waals surface area (Å²) in [6.07, 6.45) is 3.24. The van der Waals surface area contributed by atoms with Crippen LogP contribution in [0.5, 0.6) is 0 Å². The molecular weight excluding hydrogens is 468 g/mol. The van der Waals surface area contributed by atoms with Gasteiger partial charge in [0.15, 0.2) is 0 Å². The summed E-state index contributed by atoms with van der Waals surface area (Å²) in [6, 6.07) is -0.0903. The molecule has 2 fully saturated rings. The Balaban J connectivity index is 0.000000471. The van der Waals surface area contributed by atoms with Crippen molar-refractivity contribution in [2.24, 2.45) is 16.7 Å². The molecule has 5 rings (SSSR count). The van der Waals surface area contributed by atoms with Crippen molar-refractivity contribution in [2.75, 3.05) is 0 Å². The van der Waals surface area contributed by atoms with Gasteiger partial charge in [0.1, 0.15) is 12.6 Å². The standard InChI is InChI=1S/C19H19F5N3O.BF4/c1-18(2)8-4-5-19(18,3)17-15(8)26-7-27(25-9(26)6-28-17)16-13(23)11(21)10(20)12(22)14(16)24;2-1(3,4)5/h7-8,15,17H,4-6H2,1-3H3;/q+1;-1/t8-,15-,17+,19-;/m1./s1. The van der Waals surface area contributed by atoms with Gasteiger partial charge in [-0.25, -0.2) is 17.7 Å². The molecule has 0 N–H and O–H groups in total. The van der Waals surface area contributed by atoms with E-state index in [0.29, 0.717) is 5.82 Å². The number of halogens is 9. The fourth-order valence-electron chi connectivity index (χ4n) is 5.68. The van der Waals surface area contributed by atoms with Crippen molar-refractivity contribution >= 4 is 7.25 Å². The Hall–Kier alpha value is -2.25. The van der Waals surface area contributed by atoms with Crippen LogP contribution in [0.4, 0.5) is 39.2 Å². The molecule has 1 aromatic carbocycles. The predicted molar refractivity (Wildman–Crippen MR) is 96.0 cm³/mol. The van der Waals surface area contributed by atoms with Crippen LogP contribution >= 0.6 is 0 Å². The average molecular weight is 487 g/mol. The Morgan fingerprint density at radius 2 is 1.48 bits per heavy atom. The monoisotopic (exact) mass is 487 g/mol. The minimum atomic E-state index is -6.00. The minimum Gasteiger partial charge on any atom is -0.418 e. The van der Waals surface area contributed by atoms with Gasteiger partial charge in [-0.05, 0) is 18.3 Å². The van der Waals surface area contributed by atoms with Gasteiger partial charge in [-0.3, -0.25) is 0 Å². The van der Waals surface area contributed by atoms with E-state index in [2.05, 4.69) is 25.9 Å². The first-order chi connectivity index (χ1) is 15.1. The molecule has 2 aliphatic carbocycles. The fourth-order valence-corrected chi connectivity index (χ4v) is 5.68. The van der Waals surface area contributed by atoms with E-state index in [9.17, 15) is 39.2 Å². The Bertz CT molecular complexity index is 1080. The maximum Gasteiger partial charge on any atom is 0.673 e. The molecule has 0 saturated heterocycles. The van der Waals surface area contributed by atoms with Crippen LogP contribution in [0, 0.1) is 45.8 Å². The first kappa shape index (κ1) is 23.9. The second-order valence-corrected chi connectivity index (χ2v) is 9.30. The Morgan fingerprint density at radius 3 is 2.03 bits per heavy atom. The van der Waals surface area contributed by atoms with Crippen LogP contribution in [0.15, 0.2) is 6.33 Å². The molecule has 1 aliphatic heterocycles. The molecule has 4 nitrogen and oxygen atoms in total. The van der Waals surface area contributed by atoms with Gasteiger partial charge < -0.3 is 22.0 Å². The zero-order valence-corrected chi connectivity index (χ0v) is 17.7. The normalized spacial score (nSPS) is 29.4. The lowest BCUT2D eigenvalue weighted by Gasteiger charge is -2.40. The highest BCUT2D eigenvalue weighted by Gasteiger charge is 2.70. The van der Waals surface area contributed by atoms with Gasteiger partial charge in [-0.2, -0.15) is 8.78 Å². The molecule has 14 heteroatoms. The summed E-state index contributed by atoms with van der Waals surface area (Å²) in [5, 5.41) is 4.09. The van der Waals surface area contributed by atoms with Crippen molar-refractivity contribution < 1.29 is 48.5 Å². The van der Waals surface area contributed by atoms with Crippen LogP contribution < -0.4 is 4.57 Å². The van der Waals surface area contributed by atoms with Crippen molar-refractivity contribution in [1.29, 1.82) is 0 Å². The number of nitrogens with zero attached hydrogens (tertiary/aromatic N) is 3. The molecule has 33 heavy (non-hydrogen) atoms. The number of ether oxygens (including phenoxy) is 1. The van der Waals surface area contributed by atoms with Crippen LogP contribution in [0.1, 0.15) is 45.5 Å². The zero-order chi connectivity index (χ0) is 24.7. The van der Waals surface area contributed by atoms with Crippen molar-refractivity contribution in [3.63, 3.8) is 0 Å². The summed E-state index contributed by atoms with van der Waals surface area (Å²) in [7, 11) is -6.00. The first-order valence-electron chi connectivity index (χ1n) is 10.1. The number of aromatic nitrogens is 3. The number of hydrogen-bond donors (Lipinski definition) is 0. The quantitative estimate of drug-likeness (QED) is 0.185. The lowest BCUT2D eigenvalue weighted by atomic mass is 9.70. The predicted octanol–water partition coefficient (Wildman–Crippen LogP) is 5.05. The van der Waals surface area contributed by atoms with E-state index in [1.807, 2.05) is 0 Å². The molecular formula is C19H19BF9N3O. The third-order valence-electron chi connectivity index (χ3n) is 7.61. The Morgan fingerprint density at radius 1 is 0.970 bits per heavy atom. The highest BCUT2D eigenvalue weighted by Crippen LogP contribution is 2.69. The molecule has 2 heterocycles. The smallest absolute Gasteiger partial charge is 0.418 e. The van der Waals surface area contributed by atoms with Crippen LogP contribution in [-0.4, -0.2) is 23.1 Å². The molecule has 0 radical (unpaired) electrons. The molecule has 3 aliphatic rings. The van der Waals surface area contributed by atoms with E-state index in [0.717, 1.165) is 17.5 Å². The maximum absolute atomic E-state index is 14.2. The second kappa shape index (κ2) is 7.38. The second-order valence-electron chi connectivity index (χ2n) is 9.30. The number of fused-ring (bicyclic) bond motifs is 7. The lowest BCUT2D eigenvalue weighted by Crippen LogP contribution is -2.56. The maximum atomic E-state index is 14.2. The van der Waals surface area contributed by atoms with E-state index in [-0.39, 0.29) is 35.5 Å². The Kier molecular flexibility index (Phi) is 5.34. The lowest BCUT2D eigenvalue weighted by molar-refractivity contribution is -0.756. The van der Waals surface area contributed by atoms with E-state index in [1.54, 1.807) is 4.57 Å². The van der Waals surface area contributed by atoms with Gasteiger partial charge in [0.05, 0.1) is 6.10 Å². The van der Waals surface area contributed by atoms with Gasteiger partial charge in [-0.15, -0.1) is 0 Å². The van der Waals surface area contributed by atoms with Crippen LogP contribution in [0.25, 0.3) is 5.69 Å². The largest absolute Gasteiger partial charge is 0.673 e. The molecule has 1 aromatic heterocycles. The highest BCUT2D eigenvalue weighted by atomic mass is 19.5. The van der Waals surface area contributed by atoms with E-state index in [1.165, 1.54) is 6.33 Å². The summed E-state index contributed by atoms with van der Waals surface area (Å²) in [6.45, 7) is 6.70.